The Morgan fingerprint density at radius 2 is 1.63 bits per heavy atom. The number of ether oxygens (including phenoxy) is 2. The summed E-state index contributed by atoms with van der Waals surface area (Å²) in [6, 6.07) is 8.47. The second-order valence-corrected chi connectivity index (χ2v) is 10.5. The van der Waals surface area contributed by atoms with Crippen LogP contribution >= 0.6 is 0 Å². The molecule has 1 aliphatic heterocycles. The van der Waals surface area contributed by atoms with Crippen molar-refractivity contribution < 1.29 is 19.2 Å². The van der Waals surface area contributed by atoms with Gasteiger partial charge in [-0.15, -0.1) is 0 Å². The van der Waals surface area contributed by atoms with Gasteiger partial charge in [-0.05, 0) is 87.3 Å². The molecular weight excluding hydrogens is 378 g/mol. The second kappa shape index (κ2) is 7.47. The molecule has 1 saturated heterocycles. The molecule has 0 radical (unpaired) electrons. The zero-order valence-corrected chi connectivity index (χ0v) is 17.9. The zero-order chi connectivity index (χ0) is 20.2. The first-order valence-electron chi connectivity index (χ1n) is 12.2. The largest absolute Gasteiger partial charge is 0.493 e. The molecule has 5 heteroatoms. The van der Waals surface area contributed by atoms with E-state index in [4.69, 9.17) is 25.0 Å². The Morgan fingerprint density at radius 1 is 0.933 bits per heavy atom. The van der Waals surface area contributed by atoms with Gasteiger partial charge >= 0.3 is 0 Å². The first-order valence-corrected chi connectivity index (χ1v) is 12.2. The van der Waals surface area contributed by atoms with Crippen LogP contribution in [-0.4, -0.2) is 24.7 Å². The van der Waals surface area contributed by atoms with Gasteiger partial charge in [0, 0.05) is 24.7 Å². The molecule has 5 saturated carbocycles. The fourth-order valence-electron chi connectivity index (χ4n) is 7.38. The molecule has 1 aromatic rings. The molecule has 164 valence electrons. The Bertz CT molecular complexity index is 744. The van der Waals surface area contributed by atoms with Crippen LogP contribution in [0.4, 0.5) is 0 Å². The molecule has 0 unspecified atom stereocenters. The van der Waals surface area contributed by atoms with Gasteiger partial charge in [-0.3, -0.25) is 0 Å². The van der Waals surface area contributed by atoms with Gasteiger partial charge in [-0.25, -0.2) is 0 Å². The Hall–Kier alpha value is -1.14. The number of benzene rings is 1. The molecule has 6 aliphatic rings. The van der Waals surface area contributed by atoms with Crippen LogP contribution in [0.2, 0.25) is 0 Å². The highest BCUT2D eigenvalue weighted by molar-refractivity contribution is 5.36. The van der Waals surface area contributed by atoms with Crippen LogP contribution < -0.4 is 10.5 Å². The van der Waals surface area contributed by atoms with Gasteiger partial charge in [-0.1, -0.05) is 18.2 Å². The quantitative estimate of drug-likeness (QED) is 0.549. The highest BCUT2D eigenvalue weighted by Gasteiger charge is 2.66. The number of nitrogens with two attached hydrogens (primary N) is 1. The van der Waals surface area contributed by atoms with Crippen LogP contribution in [0.1, 0.15) is 75.7 Å². The van der Waals surface area contributed by atoms with E-state index in [2.05, 4.69) is 24.3 Å². The summed E-state index contributed by atoms with van der Waals surface area (Å²) in [6.45, 7) is 1.34. The fourth-order valence-corrected chi connectivity index (χ4v) is 7.38. The number of rotatable bonds is 5. The van der Waals surface area contributed by atoms with Gasteiger partial charge in [0.1, 0.15) is 5.75 Å². The Kier molecular flexibility index (Phi) is 4.87. The molecule has 1 heterocycles. The topological polar surface area (TPSA) is 62.9 Å². The molecule has 5 aliphatic carbocycles. The standard InChI is InChI=1S/C25H35NO4/c26-10-3-11-27-23-5-2-1-4-22(23)19-6-8-24(9-7-19)28-25(30-29-24)20-13-17-12-18(15-20)16-21(25)14-17/h1-2,4-5,17-21H,3,6-16,26H2/t17?,18?,19-,20?,21?,24+,25-. The van der Waals surface area contributed by atoms with Crippen molar-refractivity contribution in [3.8, 4) is 5.75 Å². The lowest BCUT2D eigenvalue weighted by Crippen LogP contribution is -2.59. The maximum Gasteiger partial charge on any atom is 0.210 e. The molecule has 4 bridgehead atoms. The van der Waals surface area contributed by atoms with Gasteiger partial charge in [0.2, 0.25) is 11.6 Å². The molecular formula is C25H35NO4. The molecule has 5 nitrogen and oxygen atoms in total. The molecule has 2 N–H and O–H groups in total. The van der Waals surface area contributed by atoms with Crippen LogP contribution in [0.25, 0.3) is 0 Å². The normalized spacial score (nSPS) is 44.2. The Morgan fingerprint density at radius 3 is 2.33 bits per heavy atom. The molecule has 0 amide bonds. The van der Waals surface area contributed by atoms with Crippen molar-refractivity contribution in [2.45, 2.75) is 81.7 Å². The third-order valence-electron chi connectivity index (χ3n) is 8.66. The number of hydrogen-bond donors (Lipinski definition) is 1. The predicted molar refractivity (Wildman–Crippen MR) is 113 cm³/mol. The average molecular weight is 414 g/mol. The minimum absolute atomic E-state index is 0.455. The van der Waals surface area contributed by atoms with E-state index < -0.39 is 11.6 Å². The number of para-hydroxylation sites is 1. The van der Waals surface area contributed by atoms with Crippen LogP contribution in [-0.2, 0) is 14.5 Å². The molecule has 30 heavy (non-hydrogen) atoms. The van der Waals surface area contributed by atoms with Crippen LogP contribution in [0.5, 0.6) is 5.75 Å². The molecule has 6 fully saturated rings. The summed E-state index contributed by atoms with van der Waals surface area (Å²) in [4.78, 5) is 12.3. The Labute approximate surface area is 179 Å². The summed E-state index contributed by atoms with van der Waals surface area (Å²) in [5.74, 6) is 3.35. The lowest BCUT2D eigenvalue weighted by atomic mass is 9.53. The summed E-state index contributed by atoms with van der Waals surface area (Å²) in [5, 5.41) is 0. The van der Waals surface area contributed by atoms with Gasteiger partial charge in [0.15, 0.2) is 0 Å². The number of hydrogen-bond acceptors (Lipinski definition) is 5. The highest BCUT2D eigenvalue weighted by Crippen LogP contribution is 2.64. The molecule has 0 aromatic heterocycles. The van der Waals surface area contributed by atoms with Gasteiger partial charge in [0.05, 0.1) is 6.61 Å². The maximum atomic E-state index is 6.86. The van der Waals surface area contributed by atoms with Crippen LogP contribution in [0, 0.1) is 23.7 Å². The van der Waals surface area contributed by atoms with Crippen molar-refractivity contribution >= 4 is 0 Å². The summed E-state index contributed by atoms with van der Waals surface area (Å²) in [7, 11) is 0. The predicted octanol–water partition coefficient (Wildman–Crippen LogP) is 4.90. The SMILES string of the molecule is NCCCOc1ccccc1[C@H]1CC[C@]2(CC1)OO[C@]1(O2)C2CC3CC(C2)CC1C3. The van der Waals surface area contributed by atoms with E-state index in [-0.39, 0.29) is 0 Å². The van der Waals surface area contributed by atoms with E-state index in [0.717, 1.165) is 49.7 Å². The van der Waals surface area contributed by atoms with E-state index in [0.29, 0.717) is 30.9 Å². The van der Waals surface area contributed by atoms with Gasteiger partial charge < -0.3 is 15.2 Å². The fraction of sp³-hybridized carbons (Fsp3) is 0.760. The van der Waals surface area contributed by atoms with Crippen molar-refractivity contribution in [3.63, 3.8) is 0 Å². The maximum absolute atomic E-state index is 6.86. The van der Waals surface area contributed by atoms with Crippen LogP contribution in [0.15, 0.2) is 24.3 Å². The van der Waals surface area contributed by atoms with E-state index >= 15 is 0 Å². The summed E-state index contributed by atoms with van der Waals surface area (Å²) < 4.78 is 12.9. The smallest absolute Gasteiger partial charge is 0.210 e. The second-order valence-electron chi connectivity index (χ2n) is 10.5. The monoisotopic (exact) mass is 413 g/mol. The third-order valence-corrected chi connectivity index (χ3v) is 8.66. The van der Waals surface area contributed by atoms with Crippen molar-refractivity contribution in [2.75, 3.05) is 13.2 Å². The molecule has 7 rings (SSSR count). The van der Waals surface area contributed by atoms with Crippen LogP contribution in [0.3, 0.4) is 0 Å². The Balaban J connectivity index is 1.14. The first-order chi connectivity index (χ1) is 14.7. The lowest BCUT2D eigenvalue weighted by Gasteiger charge is -2.57. The molecule has 0 atom stereocenters. The van der Waals surface area contributed by atoms with E-state index in [1.807, 2.05) is 0 Å². The van der Waals surface area contributed by atoms with Crippen molar-refractivity contribution in [1.29, 1.82) is 0 Å². The molecule has 1 aromatic carbocycles. The third kappa shape index (κ3) is 3.12. The first kappa shape index (κ1) is 19.5. The minimum atomic E-state index is -0.540. The van der Waals surface area contributed by atoms with E-state index in [1.54, 1.807) is 0 Å². The van der Waals surface area contributed by atoms with Gasteiger partial charge in [-0.2, -0.15) is 9.78 Å². The zero-order valence-electron chi connectivity index (χ0n) is 17.9. The highest BCUT2D eigenvalue weighted by atomic mass is 17.3. The van der Waals surface area contributed by atoms with Crippen molar-refractivity contribution in [1.82, 2.24) is 0 Å². The molecule has 2 spiro atoms. The average Bonchev–Trinajstić information content (AvgIpc) is 3.13. The van der Waals surface area contributed by atoms with E-state index in [9.17, 15) is 0 Å². The summed E-state index contributed by atoms with van der Waals surface area (Å²) in [6.07, 6.45) is 11.2. The summed E-state index contributed by atoms with van der Waals surface area (Å²) >= 11 is 0. The lowest BCUT2D eigenvalue weighted by molar-refractivity contribution is -0.390. The van der Waals surface area contributed by atoms with Crippen molar-refractivity contribution in [3.05, 3.63) is 29.8 Å². The summed E-state index contributed by atoms with van der Waals surface area (Å²) in [5.41, 5.74) is 6.94. The van der Waals surface area contributed by atoms with E-state index in [1.165, 1.54) is 37.7 Å². The minimum Gasteiger partial charge on any atom is -0.493 e. The van der Waals surface area contributed by atoms with Crippen molar-refractivity contribution in [2.24, 2.45) is 29.4 Å². The van der Waals surface area contributed by atoms with Gasteiger partial charge in [0.25, 0.3) is 0 Å².